The SMILES string of the molecule is CN=C(NCCCOCC1CCCO1)Nc1ccc(OC(C)C)cc1.I. The minimum absolute atomic E-state index is 0. The van der Waals surface area contributed by atoms with E-state index >= 15 is 0 Å². The van der Waals surface area contributed by atoms with Crippen LogP contribution in [0.25, 0.3) is 0 Å². The standard InChI is InChI=1S/C19H31N3O3.HI/c1-15(2)25-17-9-7-16(8-10-17)22-19(20-3)21-11-5-12-23-14-18-6-4-13-24-18;/h7-10,15,18H,4-6,11-14H2,1-3H3,(H2,20,21,22);1H. The first kappa shape index (κ1) is 23.0. The van der Waals surface area contributed by atoms with E-state index in [1.54, 1.807) is 7.05 Å². The zero-order valence-corrected chi connectivity index (χ0v) is 18.3. The lowest BCUT2D eigenvalue weighted by molar-refractivity contribution is 0.0168. The Morgan fingerprint density at radius 3 is 2.69 bits per heavy atom. The van der Waals surface area contributed by atoms with Crippen molar-refractivity contribution in [2.75, 3.05) is 38.7 Å². The van der Waals surface area contributed by atoms with Crippen molar-refractivity contribution in [3.8, 4) is 5.75 Å². The number of hydrogen-bond acceptors (Lipinski definition) is 4. The summed E-state index contributed by atoms with van der Waals surface area (Å²) in [6.07, 6.45) is 3.67. The molecule has 2 rings (SSSR count). The molecule has 7 heteroatoms. The number of aliphatic imine (C=N–C) groups is 1. The maximum absolute atomic E-state index is 5.66. The molecule has 0 bridgehead atoms. The zero-order chi connectivity index (χ0) is 17.9. The number of guanidine groups is 1. The smallest absolute Gasteiger partial charge is 0.195 e. The van der Waals surface area contributed by atoms with Gasteiger partial charge in [0.1, 0.15) is 5.75 Å². The van der Waals surface area contributed by atoms with E-state index in [0.717, 1.165) is 56.4 Å². The molecule has 1 aromatic carbocycles. The van der Waals surface area contributed by atoms with Gasteiger partial charge in [-0.25, -0.2) is 0 Å². The number of anilines is 1. The predicted molar refractivity (Wildman–Crippen MR) is 117 cm³/mol. The van der Waals surface area contributed by atoms with E-state index in [9.17, 15) is 0 Å². The van der Waals surface area contributed by atoms with E-state index in [-0.39, 0.29) is 30.1 Å². The Hall–Kier alpha value is -1.06. The quantitative estimate of drug-likeness (QED) is 0.246. The monoisotopic (exact) mass is 477 g/mol. The fraction of sp³-hybridized carbons (Fsp3) is 0.632. The number of halogens is 1. The van der Waals surface area contributed by atoms with E-state index in [2.05, 4.69) is 15.6 Å². The predicted octanol–water partition coefficient (Wildman–Crippen LogP) is 3.66. The summed E-state index contributed by atoms with van der Waals surface area (Å²) in [6, 6.07) is 7.87. The molecular weight excluding hydrogens is 445 g/mol. The molecule has 0 aromatic heterocycles. The first-order valence-corrected chi connectivity index (χ1v) is 9.11. The van der Waals surface area contributed by atoms with Crippen LogP contribution in [0.3, 0.4) is 0 Å². The molecule has 2 N–H and O–H groups in total. The third-order valence-corrected chi connectivity index (χ3v) is 3.80. The summed E-state index contributed by atoms with van der Waals surface area (Å²) >= 11 is 0. The van der Waals surface area contributed by atoms with Crippen molar-refractivity contribution in [3.05, 3.63) is 24.3 Å². The third kappa shape index (κ3) is 9.05. The van der Waals surface area contributed by atoms with Crippen molar-refractivity contribution in [1.82, 2.24) is 5.32 Å². The van der Waals surface area contributed by atoms with Gasteiger partial charge >= 0.3 is 0 Å². The number of benzene rings is 1. The minimum atomic E-state index is 0. The molecule has 1 unspecified atom stereocenters. The van der Waals surface area contributed by atoms with Crippen LogP contribution in [-0.2, 0) is 9.47 Å². The Kier molecular flexibility index (Phi) is 11.6. The molecule has 1 fully saturated rings. The van der Waals surface area contributed by atoms with Crippen molar-refractivity contribution >= 4 is 35.6 Å². The van der Waals surface area contributed by atoms with Crippen LogP contribution in [0.2, 0.25) is 0 Å². The molecule has 6 nitrogen and oxygen atoms in total. The van der Waals surface area contributed by atoms with Crippen molar-refractivity contribution in [2.24, 2.45) is 4.99 Å². The number of nitrogens with one attached hydrogen (secondary N) is 2. The maximum Gasteiger partial charge on any atom is 0.195 e. The Morgan fingerprint density at radius 1 is 1.31 bits per heavy atom. The van der Waals surface area contributed by atoms with Crippen LogP contribution in [0.4, 0.5) is 5.69 Å². The lowest BCUT2D eigenvalue weighted by atomic mass is 10.2. The summed E-state index contributed by atoms with van der Waals surface area (Å²) < 4.78 is 16.8. The second kappa shape index (κ2) is 13.2. The molecule has 1 aromatic rings. The fourth-order valence-electron chi connectivity index (χ4n) is 2.58. The van der Waals surface area contributed by atoms with Crippen LogP contribution in [0, 0.1) is 0 Å². The summed E-state index contributed by atoms with van der Waals surface area (Å²) in [6.45, 7) is 7.15. The van der Waals surface area contributed by atoms with Gasteiger partial charge < -0.3 is 24.8 Å². The Labute approximate surface area is 174 Å². The molecule has 0 aliphatic carbocycles. The van der Waals surface area contributed by atoms with Crippen molar-refractivity contribution in [2.45, 2.75) is 45.3 Å². The molecule has 1 heterocycles. The molecule has 0 amide bonds. The first-order valence-electron chi connectivity index (χ1n) is 9.11. The van der Waals surface area contributed by atoms with Gasteiger partial charge in [0, 0.05) is 32.5 Å². The van der Waals surface area contributed by atoms with E-state index in [1.807, 2.05) is 38.1 Å². The van der Waals surface area contributed by atoms with E-state index < -0.39 is 0 Å². The highest BCUT2D eigenvalue weighted by Crippen LogP contribution is 2.16. The molecule has 148 valence electrons. The Bertz CT molecular complexity index is 517. The largest absolute Gasteiger partial charge is 0.491 e. The van der Waals surface area contributed by atoms with Gasteiger partial charge in [-0.2, -0.15) is 0 Å². The Morgan fingerprint density at radius 2 is 2.08 bits per heavy atom. The van der Waals surface area contributed by atoms with Gasteiger partial charge in [0.2, 0.25) is 0 Å². The van der Waals surface area contributed by atoms with Crippen molar-refractivity contribution < 1.29 is 14.2 Å². The highest BCUT2D eigenvalue weighted by Gasteiger charge is 2.14. The maximum atomic E-state index is 5.66. The normalized spacial score (nSPS) is 17.1. The van der Waals surface area contributed by atoms with Crippen LogP contribution in [0.15, 0.2) is 29.3 Å². The lowest BCUT2D eigenvalue weighted by Crippen LogP contribution is -2.32. The molecule has 1 atom stereocenters. The third-order valence-electron chi connectivity index (χ3n) is 3.80. The van der Waals surface area contributed by atoms with Crippen LogP contribution >= 0.6 is 24.0 Å². The number of ether oxygens (including phenoxy) is 3. The van der Waals surface area contributed by atoms with Gasteiger partial charge in [-0.1, -0.05) is 0 Å². The summed E-state index contributed by atoms with van der Waals surface area (Å²) in [7, 11) is 1.76. The number of nitrogens with zero attached hydrogens (tertiary/aromatic N) is 1. The zero-order valence-electron chi connectivity index (χ0n) is 16.0. The van der Waals surface area contributed by atoms with Gasteiger partial charge in [-0.3, -0.25) is 4.99 Å². The topological polar surface area (TPSA) is 64.1 Å². The number of rotatable bonds is 9. The molecule has 26 heavy (non-hydrogen) atoms. The molecule has 1 aliphatic heterocycles. The fourth-order valence-corrected chi connectivity index (χ4v) is 2.58. The molecule has 1 aliphatic rings. The Balaban J connectivity index is 0.00000338. The highest BCUT2D eigenvalue weighted by atomic mass is 127. The average molecular weight is 477 g/mol. The summed E-state index contributed by atoms with van der Waals surface area (Å²) in [5.41, 5.74) is 0.971. The summed E-state index contributed by atoms with van der Waals surface area (Å²) in [5, 5.41) is 6.56. The highest BCUT2D eigenvalue weighted by molar-refractivity contribution is 14.0. The molecule has 0 spiro atoms. The van der Waals surface area contributed by atoms with Gasteiger partial charge in [0.05, 0.1) is 18.8 Å². The van der Waals surface area contributed by atoms with Gasteiger partial charge in [-0.05, 0) is 57.4 Å². The van der Waals surface area contributed by atoms with Crippen LogP contribution in [0.5, 0.6) is 5.75 Å². The van der Waals surface area contributed by atoms with Crippen molar-refractivity contribution in [1.29, 1.82) is 0 Å². The van der Waals surface area contributed by atoms with Crippen LogP contribution in [-0.4, -0.2) is 51.6 Å². The molecule has 0 saturated carbocycles. The first-order chi connectivity index (χ1) is 12.2. The summed E-state index contributed by atoms with van der Waals surface area (Å²) in [5.74, 6) is 1.61. The second-order valence-electron chi connectivity index (χ2n) is 6.38. The molecule has 0 radical (unpaired) electrons. The van der Waals surface area contributed by atoms with Crippen LogP contribution in [0.1, 0.15) is 33.1 Å². The van der Waals surface area contributed by atoms with E-state index in [4.69, 9.17) is 14.2 Å². The van der Waals surface area contributed by atoms with Crippen molar-refractivity contribution in [3.63, 3.8) is 0 Å². The average Bonchev–Trinajstić information content (AvgIpc) is 3.11. The van der Waals surface area contributed by atoms with Gasteiger partial charge in [-0.15, -0.1) is 24.0 Å². The minimum Gasteiger partial charge on any atom is -0.491 e. The van der Waals surface area contributed by atoms with E-state index in [1.165, 1.54) is 0 Å². The summed E-state index contributed by atoms with van der Waals surface area (Å²) in [4.78, 5) is 4.24. The molecule has 1 saturated heterocycles. The van der Waals surface area contributed by atoms with Gasteiger partial charge in [0.15, 0.2) is 5.96 Å². The second-order valence-corrected chi connectivity index (χ2v) is 6.38. The van der Waals surface area contributed by atoms with Gasteiger partial charge in [0.25, 0.3) is 0 Å². The molecular formula is C19H32IN3O3. The van der Waals surface area contributed by atoms with Crippen LogP contribution < -0.4 is 15.4 Å². The number of hydrogen-bond donors (Lipinski definition) is 2. The van der Waals surface area contributed by atoms with E-state index in [0.29, 0.717) is 12.7 Å². The lowest BCUT2D eigenvalue weighted by Gasteiger charge is -2.14.